The Hall–Kier alpha value is -0.740. The summed E-state index contributed by atoms with van der Waals surface area (Å²) < 4.78 is 2.41. The van der Waals surface area contributed by atoms with Gasteiger partial charge in [-0.1, -0.05) is 22.4 Å². The van der Waals surface area contributed by atoms with Gasteiger partial charge in [-0.15, -0.1) is 11.3 Å². The van der Waals surface area contributed by atoms with Gasteiger partial charge in [-0.05, 0) is 57.2 Å². The maximum absolute atomic E-state index is 7.58. The highest BCUT2D eigenvalue weighted by Gasteiger charge is 2.40. The van der Waals surface area contributed by atoms with Gasteiger partial charge in [-0.2, -0.15) is 0 Å². The van der Waals surface area contributed by atoms with Crippen molar-refractivity contribution >= 4 is 43.2 Å². The van der Waals surface area contributed by atoms with Crippen molar-refractivity contribution in [3.63, 3.8) is 0 Å². The second-order valence-electron chi connectivity index (χ2n) is 5.90. The van der Waals surface area contributed by atoms with Crippen LogP contribution in [0.2, 0.25) is 0 Å². The van der Waals surface area contributed by atoms with Gasteiger partial charge < -0.3 is 5.41 Å². The van der Waals surface area contributed by atoms with Crippen LogP contribution >= 0.6 is 27.3 Å². The van der Waals surface area contributed by atoms with Crippen molar-refractivity contribution in [2.75, 3.05) is 0 Å². The van der Waals surface area contributed by atoms with Crippen LogP contribution in [0.5, 0.6) is 0 Å². The van der Waals surface area contributed by atoms with Gasteiger partial charge in [0.1, 0.15) is 0 Å². The van der Waals surface area contributed by atoms with E-state index in [9.17, 15) is 0 Å². The van der Waals surface area contributed by atoms with Crippen LogP contribution in [0.4, 0.5) is 0 Å². The van der Waals surface area contributed by atoms with E-state index in [-0.39, 0.29) is 0 Å². The van der Waals surface area contributed by atoms with E-state index in [2.05, 4.69) is 34.1 Å². The Balaban J connectivity index is 1.85. The number of nitrogens with one attached hydrogen (secondary N) is 1. The van der Waals surface area contributed by atoms with E-state index < -0.39 is 0 Å². The molecule has 0 atom stereocenters. The van der Waals surface area contributed by atoms with Crippen LogP contribution in [-0.4, -0.2) is 10.7 Å². The van der Waals surface area contributed by atoms with E-state index in [1.54, 1.807) is 0 Å². The molecular formula is C16H19BrN2S. The van der Waals surface area contributed by atoms with Crippen molar-refractivity contribution in [1.29, 1.82) is 5.41 Å². The lowest BCUT2D eigenvalue weighted by Gasteiger charge is -2.40. The summed E-state index contributed by atoms with van der Waals surface area (Å²) >= 11 is 5.39. The monoisotopic (exact) mass is 350 g/mol. The Bertz CT molecular complexity index is 643. The third-order valence-electron chi connectivity index (χ3n) is 4.32. The largest absolute Gasteiger partial charge is 0.310 e. The minimum atomic E-state index is 0.311. The van der Waals surface area contributed by atoms with Crippen LogP contribution in [-0.2, 0) is 5.41 Å². The van der Waals surface area contributed by atoms with Crippen molar-refractivity contribution in [3.05, 3.63) is 27.7 Å². The fourth-order valence-corrected chi connectivity index (χ4v) is 4.78. The smallest absolute Gasteiger partial charge is 0.1000 e. The number of hydrogen-bond acceptors (Lipinski definition) is 3. The molecule has 2 nitrogen and oxygen atoms in total. The predicted molar refractivity (Wildman–Crippen MR) is 90.1 cm³/mol. The normalized spacial score (nSPS) is 17.1. The fraction of sp³-hybridized carbons (Fsp3) is 0.500. The van der Waals surface area contributed by atoms with E-state index in [1.165, 1.54) is 35.4 Å². The summed E-state index contributed by atoms with van der Waals surface area (Å²) in [4.78, 5) is 4.89. The lowest BCUT2D eigenvalue weighted by molar-refractivity contribution is 0.221. The zero-order valence-corrected chi connectivity index (χ0v) is 14.1. The van der Waals surface area contributed by atoms with E-state index in [1.807, 2.05) is 18.3 Å². The van der Waals surface area contributed by atoms with Gasteiger partial charge in [0.2, 0.25) is 0 Å². The molecule has 20 heavy (non-hydrogen) atoms. The van der Waals surface area contributed by atoms with Gasteiger partial charge >= 0.3 is 0 Å². The van der Waals surface area contributed by atoms with Crippen molar-refractivity contribution < 1.29 is 0 Å². The summed E-state index contributed by atoms with van der Waals surface area (Å²) in [6, 6.07) is 6.34. The molecule has 0 spiro atoms. The summed E-state index contributed by atoms with van der Waals surface area (Å²) in [5.74, 6) is 0. The van der Waals surface area contributed by atoms with Gasteiger partial charge in [0, 0.05) is 15.6 Å². The molecule has 1 N–H and O–H groups in total. The van der Waals surface area contributed by atoms with E-state index in [4.69, 9.17) is 10.4 Å². The van der Waals surface area contributed by atoms with Crippen LogP contribution in [0.3, 0.4) is 0 Å². The van der Waals surface area contributed by atoms with E-state index in [0.29, 0.717) is 5.41 Å². The maximum Gasteiger partial charge on any atom is 0.1000 e. The standard InChI is InChI=1S/C16H19BrN2S/c1-11(18)4-2-7-16(8-3-9-16)15-19-13-6-5-12(17)10-14(13)20-15/h5-6,10,18H,2-4,7-9H2,1H3. The maximum atomic E-state index is 7.58. The molecule has 1 aromatic heterocycles. The highest BCUT2D eigenvalue weighted by atomic mass is 79.9. The van der Waals surface area contributed by atoms with Crippen molar-refractivity contribution in [2.45, 2.75) is 50.9 Å². The summed E-state index contributed by atoms with van der Waals surface area (Å²) in [7, 11) is 0. The Morgan fingerprint density at radius 2 is 2.25 bits per heavy atom. The number of thiazole rings is 1. The molecule has 1 heterocycles. The summed E-state index contributed by atoms with van der Waals surface area (Å²) in [5, 5.41) is 8.89. The van der Waals surface area contributed by atoms with Gasteiger partial charge in [0.25, 0.3) is 0 Å². The average Bonchev–Trinajstić information content (AvgIpc) is 2.75. The molecule has 0 radical (unpaired) electrons. The molecule has 1 aliphatic carbocycles. The second-order valence-corrected chi connectivity index (χ2v) is 7.85. The highest BCUT2D eigenvalue weighted by molar-refractivity contribution is 9.10. The predicted octanol–water partition coefficient (Wildman–Crippen LogP) is 5.69. The molecule has 4 heteroatoms. The van der Waals surface area contributed by atoms with Crippen LogP contribution in [0.15, 0.2) is 22.7 Å². The fourth-order valence-electron chi connectivity index (χ4n) is 2.99. The Morgan fingerprint density at radius 3 is 2.90 bits per heavy atom. The molecule has 1 aliphatic rings. The lowest BCUT2D eigenvalue weighted by atomic mass is 9.66. The Labute approximate surface area is 132 Å². The minimum absolute atomic E-state index is 0.311. The SMILES string of the molecule is CC(=N)CCCC1(c2nc3ccc(Br)cc3s2)CCC1. The third kappa shape index (κ3) is 2.68. The first-order chi connectivity index (χ1) is 9.59. The summed E-state index contributed by atoms with van der Waals surface area (Å²) in [6.07, 6.45) is 7.09. The van der Waals surface area contributed by atoms with Gasteiger partial charge in [0.05, 0.1) is 15.2 Å². The van der Waals surface area contributed by atoms with Gasteiger partial charge in [0.15, 0.2) is 0 Å². The number of aromatic nitrogens is 1. The van der Waals surface area contributed by atoms with Crippen molar-refractivity contribution in [2.24, 2.45) is 0 Å². The number of nitrogens with zero attached hydrogens (tertiary/aromatic N) is 1. The van der Waals surface area contributed by atoms with Gasteiger partial charge in [-0.25, -0.2) is 4.98 Å². The van der Waals surface area contributed by atoms with Crippen LogP contribution in [0.1, 0.15) is 50.5 Å². The molecule has 3 rings (SSSR count). The van der Waals surface area contributed by atoms with Crippen LogP contribution < -0.4 is 0 Å². The molecule has 1 aromatic carbocycles. The van der Waals surface area contributed by atoms with E-state index in [0.717, 1.165) is 28.5 Å². The first-order valence-corrected chi connectivity index (χ1v) is 8.81. The Kier molecular flexibility index (Phi) is 3.95. The summed E-state index contributed by atoms with van der Waals surface area (Å²) in [6.45, 7) is 1.91. The molecule has 0 unspecified atom stereocenters. The number of hydrogen-bond donors (Lipinski definition) is 1. The molecule has 1 saturated carbocycles. The molecule has 1 fully saturated rings. The molecule has 2 aromatic rings. The second kappa shape index (κ2) is 5.57. The number of benzene rings is 1. The average molecular weight is 351 g/mol. The zero-order valence-electron chi connectivity index (χ0n) is 11.7. The van der Waals surface area contributed by atoms with Crippen LogP contribution in [0, 0.1) is 5.41 Å². The minimum Gasteiger partial charge on any atom is -0.310 e. The molecular weight excluding hydrogens is 332 g/mol. The number of rotatable bonds is 5. The molecule has 106 valence electrons. The van der Waals surface area contributed by atoms with Crippen molar-refractivity contribution in [1.82, 2.24) is 4.98 Å². The molecule has 0 amide bonds. The quantitative estimate of drug-likeness (QED) is 0.690. The topological polar surface area (TPSA) is 36.7 Å². The molecule has 0 aliphatic heterocycles. The van der Waals surface area contributed by atoms with E-state index >= 15 is 0 Å². The van der Waals surface area contributed by atoms with Crippen molar-refractivity contribution in [3.8, 4) is 0 Å². The summed E-state index contributed by atoms with van der Waals surface area (Å²) in [5.41, 5.74) is 2.24. The highest BCUT2D eigenvalue weighted by Crippen LogP contribution is 2.49. The first kappa shape index (κ1) is 14.2. The van der Waals surface area contributed by atoms with Crippen LogP contribution in [0.25, 0.3) is 10.2 Å². The number of halogens is 1. The zero-order chi connectivity index (χ0) is 14.2. The van der Waals surface area contributed by atoms with Gasteiger partial charge in [-0.3, -0.25) is 0 Å². The number of fused-ring (bicyclic) bond motifs is 1. The molecule has 0 bridgehead atoms. The first-order valence-electron chi connectivity index (χ1n) is 7.20. The lowest BCUT2D eigenvalue weighted by Crippen LogP contribution is -2.34. The Morgan fingerprint density at radius 1 is 1.45 bits per heavy atom. The third-order valence-corrected chi connectivity index (χ3v) is 6.08. The molecule has 0 saturated heterocycles.